The molecule has 2 rings (SSSR count). The topological polar surface area (TPSA) is 66.6 Å². The van der Waals surface area contributed by atoms with E-state index in [-0.39, 0.29) is 0 Å². The van der Waals surface area contributed by atoms with Crippen LogP contribution < -0.4 is 14.2 Å². The standard InChI is InChI=1S/C11H11IN2O4/c1-15-7-5-4-6(8(16-2)9(7)17-3)10-13-11(12)14-18-10/h4-5H,1-3H3. The zero-order valence-corrected chi connectivity index (χ0v) is 12.2. The van der Waals surface area contributed by atoms with Gasteiger partial charge in [0.2, 0.25) is 9.58 Å². The van der Waals surface area contributed by atoms with Crippen LogP contribution in [0.1, 0.15) is 0 Å². The third kappa shape index (κ3) is 2.22. The Balaban J connectivity index is 2.61. The molecular formula is C11H11IN2O4. The predicted octanol–water partition coefficient (Wildman–Crippen LogP) is 2.37. The van der Waals surface area contributed by atoms with Crippen LogP contribution in [0.2, 0.25) is 0 Å². The number of rotatable bonds is 4. The summed E-state index contributed by atoms with van der Waals surface area (Å²) in [5.74, 6) is 1.94. The van der Waals surface area contributed by atoms with Gasteiger partial charge in [0.1, 0.15) is 0 Å². The molecular weight excluding hydrogens is 351 g/mol. The van der Waals surface area contributed by atoms with Crippen LogP contribution in [0.4, 0.5) is 0 Å². The van der Waals surface area contributed by atoms with E-state index in [9.17, 15) is 0 Å². The van der Waals surface area contributed by atoms with Gasteiger partial charge in [0, 0.05) is 22.6 Å². The fourth-order valence-electron chi connectivity index (χ4n) is 1.58. The predicted molar refractivity (Wildman–Crippen MR) is 72.1 cm³/mol. The van der Waals surface area contributed by atoms with Gasteiger partial charge in [-0.2, -0.15) is 4.98 Å². The van der Waals surface area contributed by atoms with Crippen LogP contribution in [-0.4, -0.2) is 31.5 Å². The van der Waals surface area contributed by atoms with Gasteiger partial charge in [0.25, 0.3) is 5.89 Å². The van der Waals surface area contributed by atoms with Crippen molar-refractivity contribution < 1.29 is 18.7 Å². The number of methoxy groups -OCH3 is 3. The minimum atomic E-state index is 0.372. The van der Waals surface area contributed by atoms with Gasteiger partial charge in [-0.15, -0.1) is 0 Å². The second kappa shape index (κ2) is 5.42. The van der Waals surface area contributed by atoms with E-state index in [0.717, 1.165) is 0 Å². The van der Waals surface area contributed by atoms with Crippen LogP contribution in [0.3, 0.4) is 0 Å². The first-order valence-electron chi connectivity index (χ1n) is 4.99. The SMILES string of the molecule is COc1ccc(-c2nc(I)no2)c(OC)c1OC. The maximum absolute atomic E-state index is 5.34. The summed E-state index contributed by atoms with van der Waals surface area (Å²) in [5, 5.41) is 3.74. The quantitative estimate of drug-likeness (QED) is 0.778. The number of ether oxygens (including phenoxy) is 3. The lowest BCUT2D eigenvalue weighted by Gasteiger charge is -2.13. The van der Waals surface area contributed by atoms with Gasteiger partial charge < -0.3 is 18.7 Å². The minimum absolute atomic E-state index is 0.372. The Labute approximate surface area is 117 Å². The van der Waals surface area contributed by atoms with Gasteiger partial charge in [0.15, 0.2) is 11.5 Å². The number of aromatic nitrogens is 2. The summed E-state index contributed by atoms with van der Waals surface area (Å²) in [5.41, 5.74) is 0.658. The molecule has 0 spiro atoms. The van der Waals surface area contributed by atoms with Crippen molar-refractivity contribution in [1.82, 2.24) is 10.1 Å². The summed E-state index contributed by atoms with van der Waals surface area (Å²) >= 11 is 1.97. The molecule has 0 aliphatic rings. The molecule has 0 unspecified atom stereocenters. The molecule has 0 atom stereocenters. The highest BCUT2D eigenvalue weighted by Gasteiger charge is 2.20. The Morgan fingerprint density at radius 3 is 2.28 bits per heavy atom. The fourth-order valence-corrected chi connectivity index (χ4v) is 1.90. The molecule has 1 aromatic heterocycles. The van der Waals surface area contributed by atoms with E-state index >= 15 is 0 Å². The van der Waals surface area contributed by atoms with E-state index < -0.39 is 0 Å². The van der Waals surface area contributed by atoms with Crippen molar-refractivity contribution in [2.45, 2.75) is 0 Å². The normalized spacial score (nSPS) is 10.2. The van der Waals surface area contributed by atoms with Crippen molar-refractivity contribution in [2.24, 2.45) is 0 Å². The number of hydrogen-bond acceptors (Lipinski definition) is 6. The minimum Gasteiger partial charge on any atom is -0.493 e. The van der Waals surface area contributed by atoms with E-state index in [4.69, 9.17) is 18.7 Å². The second-order valence-electron chi connectivity index (χ2n) is 3.25. The summed E-state index contributed by atoms with van der Waals surface area (Å²) in [7, 11) is 4.65. The van der Waals surface area contributed by atoms with Crippen LogP contribution in [-0.2, 0) is 0 Å². The molecule has 0 bridgehead atoms. The van der Waals surface area contributed by atoms with E-state index in [1.165, 1.54) is 0 Å². The Kier molecular flexibility index (Phi) is 3.90. The van der Waals surface area contributed by atoms with Crippen LogP contribution in [0.15, 0.2) is 16.7 Å². The molecule has 0 saturated heterocycles. The molecule has 2 aromatic rings. The summed E-state index contributed by atoms with van der Waals surface area (Å²) in [6.45, 7) is 0. The molecule has 18 heavy (non-hydrogen) atoms. The highest BCUT2D eigenvalue weighted by Crippen LogP contribution is 2.43. The number of nitrogens with zero attached hydrogens (tertiary/aromatic N) is 2. The van der Waals surface area contributed by atoms with Gasteiger partial charge in [0.05, 0.1) is 26.9 Å². The molecule has 0 aliphatic carbocycles. The van der Waals surface area contributed by atoms with Crippen molar-refractivity contribution in [3.05, 3.63) is 16.0 Å². The monoisotopic (exact) mass is 362 g/mol. The number of hydrogen-bond donors (Lipinski definition) is 0. The van der Waals surface area contributed by atoms with Crippen LogP contribution in [0, 0.1) is 3.83 Å². The highest BCUT2D eigenvalue weighted by molar-refractivity contribution is 14.1. The first kappa shape index (κ1) is 12.9. The fraction of sp³-hybridized carbons (Fsp3) is 0.273. The highest BCUT2D eigenvalue weighted by atomic mass is 127. The van der Waals surface area contributed by atoms with E-state index in [2.05, 4.69) is 10.1 Å². The summed E-state index contributed by atoms with van der Waals surface area (Å²) in [6, 6.07) is 3.54. The van der Waals surface area contributed by atoms with Gasteiger partial charge >= 0.3 is 0 Å². The average molecular weight is 362 g/mol. The van der Waals surface area contributed by atoms with Crippen molar-refractivity contribution in [2.75, 3.05) is 21.3 Å². The molecule has 0 fully saturated rings. The summed E-state index contributed by atoms with van der Waals surface area (Å²) in [6.07, 6.45) is 0. The molecule has 0 amide bonds. The second-order valence-corrected chi connectivity index (χ2v) is 4.22. The Morgan fingerprint density at radius 1 is 1.06 bits per heavy atom. The summed E-state index contributed by atoms with van der Waals surface area (Å²) < 4.78 is 21.5. The third-order valence-corrected chi connectivity index (χ3v) is 2.77. The zero-order valence-electron chi connectivity index (χ0n) is 10.1. The van der Waals surface area contributed by atoms with E-state index in [1.807, 2.05) is 22.6 Å². The number of benzene rings is 1. The first-order chi connectivity index (χ1) is 8.71. The largest absolute Gasteiger partial charge is 0.493 e. The Bertz CT molecular complexity index is 556. The van der Waals surface area contributed by atoms with E-state index in [1.54, 1.807) is 33.5 Å². The summed E-state index contributed by atoms with van der Waals surface area (Å²) in [4.78, 5) is 4.15. The lowest BCUT2D eigenvalue weighted by atomic mass is 10.1. The van der Waals surface area contributed by atoms with Crippen molar-refractivity contribution in [3.63, 3.8) is 0 Å². The Morgan fingerprint density at radius 2 is 1.78 bits per heavy atom. The molecule has 1 heterocycles. The lowest BCUT2D eigenvalue weighted by molar-refractivity contribution is 0.324. The lowest BCUT2D eigenvalue weighted by Crippen LogP contribution is -1.97. The number of halogens is 1. The smallest absolute Gasteiger partial charge is 0.262 e. The molecule has 96 valence electrons. The molecule has 0 aliphatic heterocycles. The maximum atomic E-state index is 5.34. The molecule has 0 saturated carbocycles. The third-order valence-electron chi connectivity index (χ3n) is 2.34. The van der Waals surface area contributed by atoms with Crippen LogP contribution in [0.25, 0.3) is 11.5 Å². The maximum Gasteiger partial charge on any atom is 0.262 e. The van der Waals surface area contributed by atoms with Crippen molar-refractivity contribution in [1.29, 1.82) is 0 Å². The van der Waals surface area contributed by atoms with Gasteiger partial charge in [-0.25, -0.2) is 0 Å². The van der Waals surface area contributed by atoms with Crippen LogP contribution >= 0.6 is 22.6 Å². The first-order valence-corrected chi connectivity index (χ1v) is 6.07. The van der Waals surface area contributed by atoms with E-state index in [0.29, 0.717) is 32.5 Å². The molecule has 6 nitrogen and oxygen atoms in total. The average Bonchev–Trinajstić information content (AvgIpc) is 2.83. The molecule has 7 heteroatoms. The van der Waals surface area contributed by atoms with Crippen LogP contribution in [0.5, 0.6) is 17.2 Å². The zero-order chi connectivity index (χ0) is 13.1. The molecule has 0 N–H and O–H groups in total. The molecule has 1 aromatic carbocycles. The molecule has 0 radical (unpaired) electrons. The van der Waals surface area contributed by atoms with Gasteiger partial charge in [-0.3, -0.25) is 0 Å². The van der Waals surface area contributed by atoms with Gasteiger partial charge in [-0.05, 0) is 12.1 Å². The van der Waals surface area contributed by atoms with Crippen molar-refractivity contribution >= 4 is 22.6 Å². The Hall–Kier alpha value is -1.51. The van der Waals surface area contributed by atoms with Gasteiger partial charge in [-0.1, -0.05) is 5.16 Å². The van der Waals surface area contributed by atoms with Crippen molar-refractivity contribution in [3.8, 4) is 28.7 Å².